The minimum atomic E-state index is -0.497. The van der Waals surface area contributed by atoms with E-state index >= 15 is 0 Å². The van der Waals surface area contributed by atoms with Gasteiger partial charge in [-0.1, -0.05) is 0 Å². The van der Waals surface area contributed by atoms with Gasteiger partial charge in [-0.25, -0.2) is 0 Å². The lowest BCUT2D eigenvalue weighted by atomic mass is 9.48. The van der Waals surface area contributed by atoms with Crippen LogP contribution in [0.3, 0.4) is 0 Å². The second-order valence-electron chi connectivity index (χ2n) is 7.43. The van der Waals surface area contributed by atoms with E-state index in [0.29, 0.717) is 18.4 Å². The lowest BCUT2D eigenvalue weighted by Gasteiger charge is -2.58. The van der Waals surface area contributed by atoms with E-state index in [9.17, 15) is 5.11 Å². The molecule has 0 aliphatic heterocycles. The topological polar surface area (TPSA) is 46.2 Å². The number of nitrogens with two attached hydrogens (primary N) is 1. The highest BCUT2D eigenvalue weighted by atomic mass is 16.3. The van der Waals surface area contributed by atoms with E-state index in [-0.39, 0.29) is 0 Å². The first-order valence-corrected chi connectivity index (χ1v) is 7.63. The summed E-state index contributed by atoms with van der Waals surface area (Å²) in [5.41, 5.74) is 5.48. The smallest absolute Gasteiger partial charge is 0.0830 e. The van der Waals surface area contributed by atoms with Crippen LogP contribution in [-0.4, -0.2) is 17.3 Å². The number of hydrogen-bond acceptors (Lipinski definition) is 2. The summed E-state index contributed by atoms with van der Waals surface area (Å²) in [5.74, 6) is 4.69. The zero-order valence-electron chi connectivity index (χ0n) is 10.6. The van der Waals surface area contributed by atoms with Crippen LogP contribution in [0.15, 0.2) is 0 Å². The molecule has 0 spiro atoms. The van der Waals surface area contributed by atoms with E-state index in [2.05, 4.69) is 0 Å². The number of rotatable bonds is 3. The summed E-state index contributed by atoms with van der Waals surface area (Å²) >= 11 is 0. The molecule has 0 aromatic rings. The zero-order valence-corrected chi connectivity index (χ0v) is 10.6. The highest BCUT2D eigenvalue weighted by Crippen LogP contribution is 2.61. The van der Waals surface area contributed by atoms with E-state index in [1.54, 1.807) is 0 Å². The predicted molar refractivity (Wildman–Crippen MR) is 67.3 cm³/mol. The van der Waals surface area contributed by atoms with E-state index in [1.165, 1.54) is 44.9 Å². The first-order chi connectivity index (χ1) is 8.20. The van der Waals surface area contributed by atoms with Gasteiger partial charge in [0, 0.05) is 6.54 Å². The van der Waals surface area contributed by atoms with Crippen LogP contribution in [0, 0.1) is 35.5 Å². The largest absolute Gasteiger partial charge is 0.388 e. The molecule has 5 saturated carbocycles. The summed E-state index contributed by atoms with van der Waals surface area (Å²) in [5, 5.41) is 11.1. The molecule has 0 saturated heterocycles. The first kappa shape index (κ1) is 10.8. The van der Waals surface area contributed by atoms with Gasteiger partial charge in [-0.05, 0) is 80.5 Å². The van der Waals surface area contributed by atoms with Crippen molar-refractivity contribution < 1.29 is 5.11 Å². The normalized spacial score (nSPS) is 51.5. The average molecular weight is 235 g/mol. The molecule has 96 valence electrons. The van der Waals surface area contributed by atoms with E-state index in [4.69, 9.17) is 5.73 Å². The Labute approximate surface area is 104 Å². The molecule has 0 amide bonds. The minimum Gasteiger partial charge on any atom is -0.388 e. The van der Waals surface area contributed by atoms with Gasteiger partial charge in [0.25, 0.3) is 0 Å². The Morgan fingerprint density at radius 1 is 0.941 bits per heavy atom. The Morgan fingerprint density at radius 2 is 1.47 bits per heavy atom. The number of hydrogen-bond donors (Lipinski definition) is 2. The summed E-state index contributed by atoms with van der Waals surface area (Å²) < 4.78 is 0. The first-order valence-electron chi connectivity index (χ1n) is 7.63. The fourth-order valence-electron chi connectivity index (χ4n) is 5.90. The molecule has 0 radical (unpaired) electrons. The summed E-state index contributed by atoms with van der Waals surface area (Å²) in [6.45, 7) is 0.505. The maximum Gasteiger partial charge on any atom is 0.0830 e. The molecular weight excluding hydrogens is 210 g/mol. The fourth-order valence-corrected chi connectivity index (χ4v) is 5.90. The molecule has 4 bridgehead atoms. The quantitative estimate of drug-likeness (QED) is 0.787. The average Bonchev–Trinajstić information content (AvgIpc) is 3.11. The Bertz CT molecular complexity index is 297. The van der Waals surface area contributed by atoms with Gasteiger partial charge in [-0.15, -0.1) is 0 Å². The summed E-state index contributed by atoms with van der Waals surface area (Å²) in [4.78, 5) is 0. The van der Waals surface area contributed by atoms with E-state index in [0.717, 1.165) is 23.7 Å². The van der Waals surface area contributed by atoms with Crippen LogP contribution < -0.4 is 5.73 Å². The van der Waals surface area contributed by atoms with Crippen molar-refractivity contribution in [3.63, 3.8) is 0 Å². The number of aliphatic hydroxyl groups is 1. The van der Waals surface area contributed by atoms with Crippen LogP contribution in [-0.2, 0) is 0 Å². The van der Waals surface area contributed by atoms with Crippen LogP contribution in [0.1, 0.15) is 44.9 Å². The zero-order chi connectivity index (χ0) is 11.6. The molecule has 1 unspecified atom stereocenters. The van der Waals surface area contributed by atoms with Gasteiger partial charge in [0.05, 0.1) is 5.60 Å². The second-order valence-corrected chi connectivity index (χ2v) is 7.43. The maximum absolute atomic E-state index is 11.1. The molecular formula is C15H25NO. The van der Waals surface area contributed by atoms with E-state index in [1.807, 2.05) is 0 Å². The Balaban J connectivity index is 1.65. The molecule has 5 aliphatic carbocycles. The molecule has 1 atom stereocenters. The summed E-state index contributed by atoms with van der Waals surface area (Å²) in [6, 6.07) is 0. The third-order valence-corrected chi connectivity index (χ3v) is 6.42. The second kappa shape index (κ2) is 3.48. The SMILES string of the molecule is NCC(O)(C1CC1)C1C2CC3CC(C2)CC1C3. The third-order valence-electron chi connectivity index (χ3n) is 6.42. The minimum absolute atomic E-state index is 0.497. The highest BCUT2D eigenvalue weighted by molar-refractivity contribution is 5.09. The van der Waals surface area contributed by atoms with Crippen LogP contribution in [0.4, 0.5) is 0 Å². The van der Waals surface area contributed by atoms with Gasteiger partial charge in [-0.2, -0.15) is 0 Å². The highest BCUT2D eigenvalue weighted by Gasteiger charge is 2.58. The van der Waals surface area contributed by atoms with Crippen molar-refractivity contribution in [1.82, 2.24) is 0 Å². The monoisotopic (exact) mass is 235 g/mol. The van der Waals surface area contributed by atoms with Crippen molar-refractivity contribution >= 4 is 0 Å². The van der Waals surface area contributed by atoms with Gasteiger partial charge in [0.15, 0.2) is 0 Å². The molecule has 2 nitrogen and oxygen atoms in total. The van der Waals surface area contributed by atoms with Gasteiger partial charge in [-0.3, -0.25) is 0 Å². The van der Waals surface area contributed by atoms with Crippen molar-refractivity contribution in [2.75, 3.05) is 6.54 Å². The summed E-state index contributed by atoms with van der Waals surface area (Å²) in [7, 11) is 0. The van der Waals surface area contributed by atoms with Crippen LogP contribution in [0.25, 0.3) is 0 Å². The molecule has 0 aromatic heterocycles. The maximum atomic E-state index is 11.1. The molecule has 2 heteroatoms. The Hall–Kier alpha value is -0.0800. The fraction of sp³-hybridized carbons (Fsp3) is 1.00. The van der Waals surface area contributed by atoms with Crippen molar-refractivity contribution in [3.8, 4) is 0 Å². The molecule has 0 heterocycles. The molecule has 5 fully saturated rings. The molecule has 5 aliphatic rings. The van der Waals surface area contributed by atoms with Crippen LogP contribution >= 0.6 is 0 Å². The van der Waals surface area contributed by atoms with Gasteiger partial charge in [0.1, 0.15) is 0 Å². The lowest BCUT2D eigenvalue weighted by Crippen LogP contribution is -2.58. The van der Waals surface area contributed by atoms with Crippen molar-refractivity contribution in [1.29, 1.82) is 0 Å². The van der Waals surface area contributed by atoms with Crippen molar-refractivity contribution in [2.24, 2.45) is 41.2 Å². The van der Waals surface area contributed by atoms with Crippen LogP contribution in [0.2, 0.25) is 0 Å². The summed E-state index contributed by atoms with van der Waals surface area (Å²) in [6.07, 6.45) is 9.51. The van der Waals surface area contributed by atoms with Gasteiger partial charge < -0.3 is 10.8 Å². The third kappa shape index (κ3) is 1.46. The van der Waals surface area contributed by atoms with Gasteiger partial charge >= 0.3 is 0 Å². The van der Waals surface area contributed by atoms with Crippen molar-refractivity contribution in [3.05, 3.63) is 0 Å². The lowest BCUT2D eigenvalue weighted by molar-refractivity contribution is -0.148. The van der Waals surface area contributed by atoms with Gasteiger partial charge in [0.2, 0.25) is 0 Å². The predicted octanol–water partition coefficient (Wildman–Crippen LogP) is 2.16. The standard InChI is InChI=1S/C15H25NO/c16-8-15(17,13-1-2-13)14-11-4-9-3-10(6-11)7-12(14)5-9/h9-14,17H,1-8,16H2. The molecule has 5 rings (SSSR count). The van der Waals surface area contributed by atoms with Crippen LogP contribution in [0.5, 0.6) is 0 Å². The molecule has 3 N–H and O–H groups in total. The Morgan fingerprint density at radius 3 is 1.88 bits per heavy atom. The van der Waals surface area contributed by atoms with Crippen molar-refractivity contribution in [2.45, 2.75) is 50.5 Å². The Kier molecular flexibility index (Phi) is 2.21. The van der Waals surface area contributed by atoms with E-state index < -0.39 is 5.60 Å². The molecule has 17 heavy (non-hydrogen) atoms. The molecule has 0 aromatic carbocycles.